The second kappa shape index (κ2) is 9.11. The Bertz CT molecular complexity index is 1370. The molecule has 0 aromatic heterocycles. The smallest absolute Gasteiger partial charge is 0.299 e. The first-order chi connectivity index (χ1) is 18.8. The summed E-state index contributed by atoms with van der Waals surface area (Å²) in [4.78, 5) is 18.4. The van der Waals surface area contributed by atoms with Crippen LogP contribution in [0.3, 0.4) is 0 Å². The van der Waals surface area contributed by atoms with Gasteiger partial charge in [0.15, 0.2) is 0 Å². The highest BCUT2D eigenvalue weighted by atomic mass is 16.5. The maximum atomic E-state index is 13.8. The van der Waals surface area contributed by atoms with Crippen molar-refractivity contribution < 1.29 is 14.6 Å². The molecule has 2 bridgehead atoms. The molecule has 39 heavy (non-hydrogen) atoms. The first-order valence-corrected chi connectivity index (χ1v) is 14.9. The first kappa shape index (κ1) is 25.2. The number of carbonyl (C=O) groups is 1. The van der Waals surface area contributed by atoms with Crippen LogP contribution in [0.4, 0.5) is 0 Å². The van der Waals surface area contributed by atoms with Crippen molar-refractivity contribution in [2.75, 3.05) is 19.6 Å². The van der Waals surface area contributed by atoms with Crippen molar-refractivity contribution in [1.29, 1.82) is 0 Å². The molecule has 2 aromatic rings. The fourth-order valence-corrected chi connectivity index (χ4v) is 8.43. The maximum Gasteiger partial charge on any atom is 0.299 e. The van der Waals surface area contributed by atoms with Gasteiger partial charge in [0.05, 0.1) is 17.1 Å². The van der Waals surface area contributed by atoms with Gasteiger partial charge in [-0.1, -0.05) is 44.0 Å². The summed E-state index contributed by atoms with van der Waals surface area (Å²) >= 11 is 0. The second-order valence-corrected chi connectivity index (χ2v) is 13.2. The zero-order chi connectivity index (χ0) is 26.9. The SMILES string of the molecule is Cc1cccc(C#CC(=O)N(CC(C)C)[C@@H]2CC[C@@]3(O)[C@H]4Cc5cccc6c5[C@@]3(CCN4CC3CC3)[C@H]2O6)c1. The van der Waals surface area contributed by atoms with E-state index in [1.807, 2.05) is 36.1 Å². The van der Waals surface area contributed by atoms with E-state index in [0.717, 1.165) is 55.1 Å². The van der Waals surface area contributed by atoms with E-state index in [-0.39, 0.29) is 24.1 Å². The summed E-state index contributed by atoms with van der Waals surface area (Å²) in [6.07, 6.45) is 5.53. The highest BCUT2D eigenvalue weighted by Gasteiger charge is 2.73. The fraction of sp³-hybridized carbons (Fsp3) is 0.559. The molecule has 204 valence electrons. The van der Waals surface area contributed by atoms with E-state index < -0.39 is 11.0 Å². The molecular weight excluding hydrogens is 484 g/mol. The number of rotatable bonds is 5. The topological polar surface area (TPSA) is 53.0 Å². The number of benzene rings is 2. The van der Waals surface area contributed by atoms with Crippen LogP contribution < -0.4 is 4.74 Å². The van der Waals surface area contributed by atoms with Crippen LogP contribution in [0.25, 0.3) is 0 Å². The van der Waals surface area contributed by atoms with Gasteiger partial charge in [0.2, 0.25) is 0 Å². The third kappa shape index (κ3) is 3.86. The molecule has 1 N–H and O–H groups in total. The third-order valence-corrected chi connectivity index (χ3v) is 10.2. The molecule has 0 radical (unpaired) electrons. The molecule has 5 nitrogen and oxygen atoms in total. The number of hydrogen-bond donors (Lipinski definition) is 1. The number of likely N-dealkylation sites (tertiary alicyclic amines) is 1. The number of hydrogen-bond acceptors (Lipinski definition) is 4. The Morgan fingerprint density at radius 2 is 2.00 bits per heavy atom. The van der Waals surface area contributed by atoms with Crippen LogP contribution in [-0.2, 0) is 16.6 Å². The number of aryl methyl sites for hydroxylation is 1. The average Bonchev–Trinajstić information content (AvgIpc) is 3.65. The van der Waals surface area contributed by atoms with Gasteiger partial charge in [-0.3, -0.25) is 9.69 Å². The minimum Gasteiger partial charge on any atom is -0.487 e. The molecule has 5 atom stereocenters. The van der Waals surface area contributed by atoms with Gasteiger partial charge in [-0.2, -0.15) is 0 Å². The summed E-state index contributed by atoms with van der Waals surface area (Å²) in [7, 11) is 0. The van der Waals surface area contributed by atoms with Crippen molar-refractivity contribution in [1.82, 2.24) is 9.80 Å². The minimum absolute atomic E-state index is 0.107. The number of aliphatic hydroxyl groups is 1. The lowest BCUT2D eigenvalue weighted by molar-refractivity contribution is -0.201. The summed E-state index contributed by atoms with van der Waals surface area (Å²) in [5.74, 6) is 7.96. The molecule has 2 heterocycles. The number of carbonyl (C=O) groups excluding carboxylic acids is 1. The van der Waals surface area contributed by atoms with E-state index in [1.54, 1.807) is 0 Å². The maximum absolute atomic E-state index is 13.8. The van der Waals surface area contributed by atoms with Crippen LogP contribution in [-0.4, -0.2) is 64.2 Å². The van der Waals surface area contributed by atoms with E-state index in [1.165, 1.54) is 24.0 Å². The molecule has 2 aliphatic heterocycles. The molecule has 1 amide bonds. The van der Waals surface area contributed by atoms with Crippen molar-refractivity contribution >= 4 is 5.91 Å². The predicted molar refractivity (Wildman–Crippen MR) is 152 cm³/mol. The van der Waals surface area contributed by atoms with Crippen LogP contribution >= 0.6 is 0 Å². The van der Waals surface area contributed by atoms with E-state index in [2.05, 4.69) is 48.8 Å². The van der Waals surface area contributed by atoms with Crippen molar-refractivity contribution in [3.8, 4) is 17.6 Å². The lowest BCUT2D eigenvalue weighted by atomic mass is 9.48. The van der Waals surface area contributed by atoms with Crippen molar-refractivity contribution in [2.45, 2.75) is 88.5 Å². The van der Waals surface area contributed by atoms with Crippen LogP contribution in [0.5, 0.6) is 5.75 Å². The van der Waals surface area contributed by atoms with Crippen molar-refractivity contribution in [3.63, 3.8) is 0 Å². The number of amides is 1. The van der Waals surface area contributed by atoms with Crippen molar-refractivity contribution in [3.05, 3.63) is 64.7 Å². The van der Waals surface area contributed by atoms with Crippen LogP contribution in [0.15, 0.2) is 42.5 Å². The second-order valence-electron chi connectivity index (χ2n) is 13.2. The van der Waals surface area contributed by atoms with E-state index in [0.29, 0.717) is 18.9 Å². The van der Waals surface area contributed by atoms with Gasteiger partial charge in [0.1, 0.15) is 11.9 Å². The van der Waals surface area contributed by atoms with Gasteiger partial charge in [0, 0.05) is 36.2 Å². The molecular formula is C34H40N2O3. The Hall–Kier alpha value is -2.81. The minimum atomic E-state index is -0.847. The molecule has 2 aromatic carbocycles. The zero-order valence-corrected chi connectivity index (χ0v) is 23.5. The summed E-state index contributed by atoms with van der Waals surface area (Å²) in [6, 6.07) is 14.4. The van der Waals surface area contributed by atoms with Crippen LogP contribution in [0, 0.1) is 30.6 Å². The third-order valence-electron chi connectivity index (χ3n) is 10.2. The average molecular weight is 525 g/mol. The monoisotopic (exact) mass is 524 g/mol. The highest BCUT2D eigenvalue weighted by molar-refractivity contribution is 5.94. The molecule has 3 fully saturated rings. The van der Waals surface area contributed by atoms with E-state index >= 15 is 0 Å². The molecule has 3 aliphatic carbocycles. The first-order valence-electron chi connectivity index (χ1n) is 14.9. The van der Waals surface area contributed by atoms with Crippen LogP contribution in [0.2, 0.25) is 0 Å². The lowest BCUT2D eigenvalue weighted by Crippen LogP contribution is -2.78. The molecule has 5 aliphatic rings. The molecule has 1 spiro atoms. The Kier molecular flexibility index (Phi) is 5.88. The quantitative estimate of drug-likeness (QED) is 0.587. The summed E-state index contributed by atoms with van der Waals surface area (Å²) in [5, 5.41) is 12.8. The van der Waals surface area contributed by atoms with Gasteiger partial charge in [-0.05, 0) is 93.2 Å². The molecule has 7 rings (SSSR count). The van der Waals surface area contributed by atoms with Gasteiger partial charge in [0.25, 0.3) is 5.91 Å². The van der Waals surface area contributed by atoms with Gasteiger partial charge in [-0.25, -0.2) is 0 Å². The normalized spacial score (nSPS) is 32.2. The standard InChI is InChI=1S/C34H40N2O3/c1-22(2)20-36(30(37)13-12-24-7-4-6-23(3)18-24)27-14-15-34(38)29-19-26-8-5-9-28-31(26)33(34,32(27)39-28)16-17-35(29)21-25-10-11-25/h4-9,18,22,25,27,29,32,38H,10-11,14-17,19-21H2,1-3H3/t27-,29-,32+,33+,34-/m1/s1. The van der Waals surface area contributed by atoms with Crippen molar-refractivity contribution in [2.24, 2.45) is 11.8 Å². The largest absolute Gasteiger partial charge is 0.487 e. The zero-order valence-electron chi connectivity index (χ0n) is 23.5. The molecule has 5 heteroatoms. The van der Waals surface area contributed by atoms with E-state index in [9.17, 15) is 9.90 Å². The number of nitrogens with zero attached hydrogens (tertiary/aromatic N) is 2. The lowest BCUT2D eigenvalue weighted by Gasteiger charge is -2.65. The van der Waals surface area contributed by atoms with Gasteiger partial charge in [-0.15, -0.1) is 0 Å². The molecule has 1 saturated heterocycles. The predicted octanol–water partition coefficient (Wildman–Crippen LogP) is 4.46. The Balaban J connectivity index is 1.27. The summed E-state index contributed by atoms with van der Waals surface area (Å²) in [5.41, 5.74) is 3.22. The van der Waals surface area contributed by atoms with Gasteiger partial charge < -0.3 is 14.7 Å². The van der Waals surface area contributed by atoms with Gasteiger partial charge >= 0.3 is 0 Å². The van der Waals surface area contributed by atoms with Crippen LogP contribution in [0.1, 0.15) is 68.2 Å². The number of piperidine rings is 1. The Labute approximate surface area is 232 Å². The summed E-state index contributed by atoms with van der Waals surface area (Å²) < 4.78 is 6.86. The Morgan fingerprint density at radius 3 is 2.77 bits per heavy atom. The highest BCUT2D eigenvalue weighted by Crippen LogP contribution is 2.64. The number of ether oxygens (including phenoxy) is 1. The van der Waals surface area contributed by atoms with E-state index in [4.69, 9.17) is 4.74 Å². The summed E-state index contributed by atoms with van der Waals surface area (Å²) in [6.45, 7) is 9.05. The molecule has 0 unspecified atom stereocenters. The fourth-order valence-electron chi connectivity index (χ4n) is 8.43. The molecule has 2 saturated carbocycles. The Morgan fingerprint density at radius 1 is 1.18 bits per heavy atom.